The van der Waals surface area contributed by atoms with Crippen molar-refractivity contribution in [2.75, 3.05) is 0 Å². The SMILES string of the molecule is CCc1cc2c(=O)[nH]c(CC3CC3)nc2s1. The summed E-state index contributed by atoms with van der Waals surface area (Å²) in [5, 5.41) is 0.751. The first kappa shape index (κ1) is 10.0. The molecule has 0 atom stereocenters. The predicted molar refractivity (Wildman–Crippen MR) is 66.0 cm³/mol. The summed E-state index contributed by atoms with van der Waals surface area (Å²) in [6, 6.07) is 1.97. The molecule has 0 amide bonds. The molecule has 2 heterocycles. The summed E-state index contributed by atoms with van der Waals surface area (Å²) in [5.74, 6) is 1.62. The van der Waals surface area contributed by atoms with Crippen LogP contribution in [0.15, 0.2) is 10.9 Å². The van der Waals surface area contributed by atoms with E-state index in [1.165, 1.54) is 17.7 Å². The van der Waals surface area contributed by atoms with Gasteiger partial charge in [-0.15, -0.1) is 11.3 Å². The molecule has 1 aliphatic rings. The average molecular weight is 234 g/mol. The maximum atomic E-state index is 11.8. The molecule has 1 saturated carbocycles. The monoisotopic (exact) mass is 234 g/mol. The van der Waals surface area contributed by atoms with Gasteiger partial charge in [-0.2, -0.15) is 0 Å². The highest BCUT2D eigenvalue weighted by Crippen LogP contribution is 2.32. The lowest BCUT2D eigenvalue weighted by Crippen LogP contribution is -2.10. The number of nitrogens with zero attached hydrogens (tertiary/aromatic N) is 1. The quantitative estimate of drug-likeness (QED) is 0.887. The van der Waals surface area contributed by atoms with Crippen LogP contribution in [0.4, 0.5) is 0 Å². The second-order valence-corrected chi connectivity index (χ2v) is 5.56. The van der Waals surface area contributed by atoms with Crippen LogP contribution in [0.2, 0.25) is 0 Å². The van der Waals surface area contributed by atoms with Crippen LogP contribution in [0.3, 0.4) is 0 Å². The van der Waals surface area contributed by atoms with E-state index < -0.39 is 0 Å². The molecule has 3 rings (SSSR count). The first-order chi connectivity index (χ1) is 7.76. The van der Waals surface area contributed by atoms with Crippen molar-refractivity contribution in [3.05, 3.63) is 27.1 Å². The summed E-state index contributed by atoms with van der Waals surface area (Å²) >= 11 is 1.64. The van der Waals surface area contributed by atoms with Crippen LogP contribution in [0.1, 0.15) is 30.5 Å². The van der Waals surface area contributed by atoms with Gasteiger partial charge in [-0.25, -0.2) is 4.98 Å². The highest BCUT2D eigenvalue weighted by Gasteiger charge is 2.23. The van der Waals surface area contributed by atoms with Gasteiger partial charge in [-0.3, -0.25) is 4.79 Å². The zero-order valence-electron chi connectivity index (χ0n) is 9.25. The van der Waals surface area contributed by atoms with Crippen LogP contribution in [-0.4, -0.2) is 9.97 Å². The van der Waals surface area contributed by atoms with Crippen LogP contribution in [0.5, 0.6) is 0 Å². The van der Waals surface area contributed by atoms with E-state index in [-0.39, 0.29) is 5.56 Å². The average Bonchev–Trinajstić information content (AvgIpc) is 2.95. The van der Waals surface area contributed by atoms with Crippen molar-refractivity contribution in [3.8, 4) is 0 Å². The molecule has 4 heteroatoms. The summed E-state index contributed by atoms with van der Waals surface area (Å²) in [6.07, 6.45) is 4.47. The Labute approximate surface area is 97.5 Å². The predicted octanol–water partition coefficient (Wildman–Crippen LogP) is 2.50. The Morgan fingerprint density at radius 2 is 2.38 bits per heavy atom. The highest BCUT2D eigenvalue weighted by molar-refractivity contribution is 7.18. The van der Waals surface area contributed by atoms with Gasteiger partial charge >= 0.3 is 0 Å². The number of rotatable bonds is 3. The molecule has 0 unspecified atom stereocenters. The second kappa shape index (κ2) is 3.70. The third-order valence-electron chi connectivity index (χ3n) is 3.03. The number of thiophene rings is 1. The van der Waals surface area contributed by atoms with Gasteiger partial charge in [0, 0.05) is 11.3 Å². The maximum Gasteiger partial charge on any atom is 0.259 e. The number of nitrogens with one attached hydrogen (secondary N) is 1. The van der Waals surface area contributed by atoms with Crippen molar-refractivity contribution in [2.24, 2.45) is 5.92 Å². The van der Waals surface area contributed by atoms with Crippen LogP contribution in [-0.2, 0) is 12.8 Å². The number of hydrogen-bond acceptors (Lipinski definition) is 3. The molecule has 1 aliphatic carbocycles. The molecule has 0 aliphatic heterocycles. The van der Waals surface area contributed by atoms with E-state index in [9.17, 15) is 4.79 Å². The Hall–Kier alpha value is -1.16. The van der Waals surface area contributed by atoms with Gasteiger partial charge in [0.2, 0.25) is 0 Å². The molecule has 0 saturated heterocycles. The Morgan fingerprint density at radius 1 is 1.56 bits per heavy atom. The summed E-state index contributed by atoms with van der Waals surface area (Å²) in [4.78, 5) is 21.4. The van der Waals surface area contributed by atoms with Gasteiger partial charge in [0.05, 0.1) is 5.39 Å². The fourth-order valence-electron chi connectivity index (χ4n) is 1.89. The van der Waals surface area contributed by atoms with Gasteiger partial charge in [0.1, 0.15) is 10.7 Å². The van der Waals surface area contributed by atoms with Crippen LogP contribution in [0.25, 0.3) is 10.2 Å². The Morgan fingerprint density at radius 3 is 3.06 bits per heavy atom. The third-order valence-corrected chi connectivity index (χ3v) is 4.20. The fourth-order valence-corrected chi connectivity index (χ4v) is 2.88. The minimum Gasteiger partial charge on any atom is -0.310 e. The van der Waals surface area contributed by atoms with E-state index in [0.717, 1.165) is 34.8 Å². The van der Waals surface area contributed by atoms with Crippen molar-refractivity contribution in [3.63, 3.8) is 0 Å². The lowest BCUT2D eigenvalue weighted by atomic mass is 10.2. The van der Waals surface area contributed by atoms with E-state index in [0.29, 0.717) is 0 Å². The molecule has 1 fully saturated rings. The number of aryl methyl sites for hydroxylation is 1. The first-order valence-electron chi connectivity index (χ1n) is 5.78. The van der Waals surface area contributed by atoms with Crippen LogP contribution >= 0.6 is 11.3 Å². The van der Waals surface area contributed by atoms with Crippen molar-refractivity contribution < 1.29 is 0 Å². The number of hydrogen-bond donors (Lipinski definition) is 1. The number of H-pyrrole nitrogens is 1. The lowest BCUT2D eigenvalue weighted by Gasteiger charge is -1.97. The molecule has 84 valence electrons. The number of aromatic amines is 1. The van der Waals surface area contributed by atoms with Gasteiger partial charge in [0.25, 0.3) is 5.56 Å². The highest BCUT2D eigenvalue weighted by atomic mass is 32.1. The normalized spacial score (nSPS) is 15.8. The zero-order chi connectivity index (χ0) is 11.1. The summed E-state index contributed by atoms with van der Waals surface area (Å²) in [6.45, 7) is 2.10. The topological polar surface area (TPSA) is 45.8 Å². The first-order valence-corrected chi connectivity index (χ1v) is 6.59. The summed E-state index contributed by atoms with van der Waals surface area (Å²) < 4.78 is 0. The van der Waals surface area contributed by atoms with Crippen molar-refractivity contribution in [1.82, 2.24) is 9.97 Å². The molecule has 0 spiro atoms. The van der Waals surface area contributed by atoms with Gasteiger partial charge in [0.15, 0.2) is 0 Å². The van der Waals surface area contributed by atoms with Crippen molar-refractivity contribution >= 4 is 21.6 Å². The molecule has 0 radical (unpaired) electrons. The van der Waals surface area contributed by atoms with Gasteiger partial charge in [-0.05, 0) is 31.2 Å². The summed E-state index contributed by atoms with van der Waals surface area (Å²) in [5.41, 5.74) is 0.0246. The molecule has 3 nitrogen and oxygen atoms in total. The maximum absolute atomic E-state index is 11.8. The largest absolute Gasteiger partial charge is 0.310 e. The molecule has 2 aromatic rings. The van der Waals surface area contributed by atoms with Gasteiger partial charge < -0.3 is 4.98 Å². The molecular formula is C12H14N2OS. The minimum absolute atomic E-state index is 0.0246. The molecule has 0 bridgehead atoms. The van der Waals surface area contributed by atoms with Crippen LogP contribution in [0, 0.1) is 5.92 Å². The third kappa shape index (κ3) is 1.78. The number of aromatic nitrogens is 2. The van der Waals surface area contributed by atoms with E-state index in [4.69, 9.17) is 0 Å². The van der Waals surface area contributed by atoms with E-state index in [1.54, 1.807) is 11.3 Å². The van der Waals surface area contributed by atoms with E-state index in [2.05, 4.69) is 16.9 Å². The van der Waals surface area contributed by atoms with E-state index >= 15 is 0 Å². The minimum atomic E-state index is 0.0246. The van der Waals surface area contributed by atoms with Crippen molar-refractivity contribution in [1.29, 1.82) is 0 Å². The molecule has 2 aromatic heterocycles. The molecular weight excluding hydrogens is 220 g/mol. The number of fused-ring (bicyclic) bond motifs is 1. The molecule has 1 N–H and O–H groups in total. The van der Waals surface area contributed by atoms with Crippen molar-refractivity contribution in [2.45, 2.75) is 32.6 Å². The molecule has 0 aromatic carbocycles. The smallest absolute Gasteiger partial charge is 0.259 e. The van der Waals surface area contributed by atoms with Gasteiger partial charge in [-0.1, -0.05) is 6.92 Å². The van der Waals surface area contributed by atoms with E-state index in [1.807, 2.05) is 6.07 Å². The Bertz CT molecular complexity index is 580. The Balaban J connectivity index is 2.08. The van der Waals surface area contributed by atoms with Crippen LogP contribution < -0.4 is 5.56 Å². The summed E-state index contributed by atoms with van der Waals surface area (Å²) in [7, 11) is 0. The lowest BCUT2D eigenvalue weighted by molar-refractivity contribution is 0.772. The Kier molecular flexibility index (Phi) is 2.32. The zero-order valence-corrected chi connectivity index (χ0v) is 10.1. The second-order valence-electron chi connectivity index (χ2n) is 4.45. The fraction of sp³-hybridized carbons (Fsp3) is 0.500. The molecule has 16 heavy (non-hydrogen) atoms. The standard InChI is InChI=1S/C12H14N2OS/c1-2-8-6-9-11(15)13-10(5-7-3-4-7)14-12(9)16-8/h6-7H,2-5H2,1H3,(H,13,14,15).